The van der Waals surface area contributed by atoms with E-state index in [-0.39, 0.29) is 17.7 Å². The summed E-state index contributed by atoms with van der Waals surface area (Å²) < 4.78 is 174. The molecule has 0 saturated carbocycles. The van der Waals surface area contributed by atoms with Gasteiger partial charge in [0.2, 0.25) is 0 Å². The number of hydrogen-bond acceptors (Lipinski definition) is 2. The Morgan fingerprint density at radius 3 is 1.81 bits per heavy atom. The maximum Gasteiger partial charge on any atom is 0.455 e. The number of carbonyl (C=O) groups excluding carboxylic acids is 2. The molecule has 0 bridgehead atoms. The molecule has 2 aromatic carbocycles. The molecule has 1 aliphatic carbocycles. The first-order chi connectivity index (χ1) is 19.5. The first-order valence-electron chi connectivity index (χ1n) is 11.3. The number of allylic oxidation sites excluding steroid dienone is 2. The van der Waals surface area contributed by atoms with E-state index in [1.807, 2.05) is 15.9 Å². The lowest BCUT2D eigenvalue weighted by Gasteiger charge is -2.43. The molecule has 0 spiro atoms. The second kappa shape index (κ2) is 11.2. The van der Waals surface area contributed by atoms with Crippen LogP contribution in [0.5, 0.6) is 0 Å². The van der Waals surface area contributed by atoms with Crippen LogP contribution in [0, 0.1) is 5.82 Å². The van der Waals surface area contributed by atoms with Crippen LogP contribution in [0.25, 0.3) is 0 Å². The van der Waals surface area contributed by atoms with Gasteiger partial charge in [0.25, 0.3) is 11.8 Å². The molecule has 2 atom stereocenters. The molecule has 43 heavy (non-hydrogen) atoms. The Morgan fingerprint density at radius 1 is 0.744 bits per heavy atom. The fourth-order valence-electron chi connectivity index (χ4n) is 3.87. The first kappa shape index (κ1) is 33.9. The molecule has 234 valence electrons. The average molecular weight is 701 g/mol. The fourth-order valence-corrected chi connectivity index (χ4v) is 4.61. The molecule has 3 rings (SSSR count). The number of benzene rings is 2. The molecule has 0 aliphatic heterocycles. The predicted molar refractivity (Wildman–Crippen MR) is 128 cm³/mol. The van der Waals surface area contributed by atoms with Crippen molar-refractivity contribution in [1.29, 1.82) is 0 Å². The number of nitrogens with one attached hydrogen (secondary N) is 2. The zero-order valence-electron chi connectivity index (χ0n) is 20.5. The molecule has 0 saturated heterocycles. The summed E-state index contributed by atoms with van der Waals surface area (Å²) >= 11 is 1.81. The largest absolute Gasteiger partial charge is 0.455 e. The van der Waals surface area contributed by atoms with Crippen LogP contribution in [0.15, 0.2) is 72.3 Å². The van der Waals surface area contributed by atoms with Crippen LogP contribution in [0.3, 0.4) is 0 Å². The first-order valence-corrected chi connectivity index (χ1v) is 12.1. The number of carbonyl (C=O) groups is 2. The van der Waals surface area contributed by atoms with Gasteiger partial charge in [-0.25, -0.2) is 8.78 Å². The van der Waals surface area contributed by atoms with E-state index in [1.165, 1.54) is 29.6 Å². The van der Waals surface area contributed by atoms with E-state index in [1.54, 1.807) is 6.07 Å². The summed E-state index contributed by atoms with van der Waals surface area (Å²) in [5.74, 6) is -10.5. The summed E-state index contributed by atoms with van der Waals surface area (Å²) in [5.41, 5.74) is -10.9. The minimum absolute atomic E-state index is 0.0202. The Labute approximate surface area is 240 Å². The molecule has 0 fully saturated rings. The molecule has 2 amide bonds. The van der Waals surface area contributed by atoms with E-state index in [9.17, 15) is 62.3 Å². The Hall–Kier alpha value is -3.57. The SMILES string of the molecule is O=C(Nc1cccc(C(=O)NC2C=CC(C(F)(C(F)(F)F)C(F)(F)F)=CC2(Br)C(F)(F)C(F)(F)F)c1F)c1ccccc1. The monoisotopic (exact) mass is 700 g/mol. The third-order valence-electron chi connectivity index (χ3n) is 6.12. The summed E-state index contributed by atoms with van der Waals surface area (Å²) in [5, 5.41) is 3.56. The maximum atomic E-state index is 15.1. The van der Waals surface area contributed by atoms with Gasteiger partial charge in [0.1, 0.15) is 4.32 Å². The maximum absolute atomic E-state index is 15.1. The lowest BCUT2D eigenvalue weighted by Crippen LogP contribution is -2.64. The zero-order chi connectivity index (χ0) is 32.8. The van der Waals surface area contributed by atoms with Gasteiger partial charge in [0.15, 0.2) is 5.82 Å². The van der Waals surface area contributed by atoms with E-state index in [0.717, 1.165) is 12.1 Å². The molecular weight excluding hydrogens is 687 g/mol. The molecule has 1 aliphatic rings. The normalized spacial score (nSPS) is 20.0. The lowest BCUT2D eigenvalue weighted by molar-refractivity contribution is -0.325. The molecule has 18 heteroatoms. The highest BCUT2D eigenvalue weighted by atomic mass is 79.9. The van der Waals surface area contributed by atoms with Crippen molar-refractivity contribution in [3.63, 3.8) is 0 Å². The molecular formula is C25H14BrF13N2O2. The van der Waals surface area contributed by atoms with E-state index in [0.29, 0.717) is 6.07 Å². The van der Waals surface area contributed by atoms with Gasteiger partial charge in [-0.1, -0.05) is 58.4 Å². The smallest absolute Gasteiger partial charge is 0.344 e. The molecule has 0 heterocycles. The van der Waals surface area contributed by atoms with E-state index in [2.05, 4.69) is 5.32 Å². The number of rotatable bonds is 6. The molecule has 0 radical (unpaired) electrons. The van der Waals surface area contributed by atoms with E-state index >= 15 is 4.39 Å². The van der Waals surface area contributed by atoms with Crippen molar-refractivity contribution in [2.24, 2.45) is 0 Å². The Kier molecular flexibility index (Phi) is 8.81. The number of hydrogen-bond donors (Lipinski definition) is 2. The van der Waals surface area contributed by atoms with Crippen LogP contribution < -0.4 is 10.6 Å². The van der Waals surface area contributed by atoms with Gasteiger partial charge in [-0.15, -0.1) is 0 Å². The van der Waals surface area contributed by atoms with Crippen LogP contribution in [0.4, 0.5) is 62.8 Å². The van der Waals surface area contributed by atoms with E-state index in [4.69, 9.17) is 0 Å². The molecule has 4 nitrogen and oxygen atoms in total. The highest BCUT2D eigenvalue weighted by molar-refractivity contribution is 9.10. The lowest BCUT2D eigenvalue weighted by atomic mass is 9.80. The van der Waals surface area contributed by atoms with Crippen molar-refractivity contribution < 1.29 is 66.7 Å². The zero-order valence-corrected chi connectivity index (χ0v) is 22.1. The van der Waals surface area contributed by atoms with Gasteiger partial charge in [0, 0.05) is 11.1 Å². The van der Waals surface area contributed by atoms with E-state index < -0.39 is 81.0 Å². The van der Waals surface area contributed by atoms with Crippen LogP contribution >= 0.6 is 15.9 Å². The van der Waals surface area contributed by atoms with Crippen LogP contribution in [-0.4, -0.2) is 52.3 Å². The van der Waals surface area contributed by atoms with Gasteiger partial charge < -0.3 is 10.6 Å². The van der Waals surface area contributed by atoms with Crippen molar-refractivity contribution in [3.8, 4) is 0 Å². The number of anilines is 1. The molecule has 2 unspecified atom stereocenters. The minimum Gasteiger partial charge on any atom is -0.344 e. The summed E-state index contributed by atoms with van der Waals surface area (Å²) in [7, 11) is 0. The van der Waals surface area contributed by atoms with Gasteiger partial charge in [-0.2, -0.15) is 48.3 Å². The van der Waals surface area contributed by atoms with Gasteiger partial charge in [-0.3, -0.25) is 9.59 Å². The van der Waals surface area contributed by atoms with Gasteiger partial charge in [-0.05, 0) is 24.3 Å². The predicted octanol–water partition coefficient (Wildman–Crippen LogP) is 7.84. The van der Waals surface area contributed by atoms with Crippen molar-refractivity contribution in [2.45, 2.75) is 40.5 Å². The third kappa shape index (κ3) is 5.97. The summed E-state index contributed by atoms with van der Waals surface area (Å²) in [6, 6.07) is 6.79. The van der Waals surface area contributed by atoms with Crippen molar-refractivity contribution in [2.75, 3.05) is 5.32 Å². The van der Waals surface area contributed by atoms with Crippen LogP contribution in [0.2, 0.25) is 0 Å². The Morgan fingerprint density at radius 2 is 1.30 bits per heavy atom. The number of halogens is 14. The summed E-state index contributed by atoms with van der Waals surface area (Å²) in [6.45, 7) is 0. The van der Waals surface area contributed by atoms with Gasteiger partial charge in [0.05, 0.1) is 17.3 Å². The highest BCUT2D eigenvalue weighted by Crippen LogP contribution is 2.57. The average Bonchev–Trinajstić information content (AvgIpc) is 2.88. The van der Waals surface area contributed by atoms with Gasteiger partial charge >= 0.3 is 30.1 Å². The quantitative estimate of drug-likeness (QED) is 0.239. The Bertz CT molecular complexity index is 1440. The van der Waals surface area contributed by atoms with Crippen LogP contribution in [-0.2, 0) is 0 Å². The standard InChI is InChI=1S/C25H14BrF13N2O2/c26-20(22(29,30)25(37,38)39)11-13(21(28,23(31,32)33)24(34,35)36)9-10-16(20)41-19(43)14-7-4-8-15(17(14)27)40-18(42)12-5-2-1-3-6-12/h1-11,16H,(H,40,42)(H,41,43). The third-order valence-corrected chi connectivity index (χ3v) is 7.34. The highest BCUT2D eigenvalue weighted by Gasteiger charge is 2.77. The Balaban J connectivity index is 2.06. The second-order valence-electron chi connectivity index (χ2n) is 8.89. The van der Waals surface area contributed by atoms with Crippen molar-refractivity contribution in [1.82, 2.24) is 5.32 Å². The summed E-state index contributed by atoms with van der Waals surface area (Å²) in [4.78, 5) is 25.1. The molecule has 0 aromatic heterocycles. The fraction of sp³-hybridized carbons (Fsp3) is 0.280. The minimum atomic E-state index is -6.88. The molecule has 2 aromatic rings. The van der Waals surface area contributed by atoms with Crippen LogP contribution in [0.1, 0.15) is 20.7 Å². The topological polar surface area (TPSA) is 58.2 Å². The van der Waals surface area contributed by atoms with Crippen molar-refractivity contribution >= 4 is 33.4 Å². The second-order valence-corrected chi connectivity index (χ2v) is 10.2. The van der Waals surface area contributed by atoms with Crippen molar-refractivity contribution in [3.05, 3.63) is 89.3 Å². The number of amides is 2. The summed E-state index contributed by atoms with van der Waals surface area (Å²) in [6.07, 6.45) is -22.0. The molecule has 2 N–H and O–H groups in total. The number of alkyl halides is 13.